The monoisotopic (exact) mass is 439 g/mol. The Balaban J connectivity index is 1.45. The number of likely N-dealkylation sites (tertiary alicyclic amines) is 1. The first-order valence-electron chi connectivity index (χ1n) is 10.5. The minimum Gasteiger partial charge on any atom is -0.497 e. The van der Waals surface area contributed by atoms with Gasteiger partial charge in [-0.1, -0.05) is 0 Å². The van der Waals surface area contributed by atoms with Gasteiger partial charge in [-0.2, -0.15) is 5.10 Å². The zero-order chi connectivity index (χ0) is 22.7. The van der Waals surface area contributed by atoms with Crippen molar-refractivity contribution in [2.75, 3.05) is 20.2 Å². The van der Waals surface area contributed by atoms with Gasteiger partial charge in [0, 0.05) is 32.1 Å². The van der Waals surface area contributed by atoms with E-state index < -0.39 is 12.2 Å². The summed E-state index contributed by atoms with van der Waals surface area (Å²) in [5.41, 5.74) is 2.10. The molecular formula is C24H26FN3O4. The largest absolute Gasteiger partial charge is 0.497 e. The molecule has 1 fully saturated rings. The number of benzene rings is 2. The predicted molar refractivity (Wildman–Crippen MR) is 117 cm³/mol. The molecule has 168 valence electrons. The molecule has 1 aliphatic rings. The first-order valence-corrected chi connectivity index (χ1v) is 10.5. The van der Waals surface area contributed by atoms with Crippen molar-refractivity contribution in [3.8, 4) is 22.8 Å². The smallest absolute Gasteiger partial charge is 0.274 e. The Hall–Kier alpha value is -3.39. The van der Waals surface area contributed by atoms with E-state index in [1.54, 1.807) is 29.8 Å². The molecule has 32 heavy (non-hydrogen) atoms. The van der Waals surface area contributed by atoms with Gasteiger partial charge in [0.05, 0.1) is 18.9 Å². The van der Waals surface area contributed by atoms with E-state index >= 15 is 0 Å². The molecule has 4 rings (SSSR count). The predicted octanol–water partition coefficient (Wildman–Crippen LogP) is 3.28. The lowest BCUT2D eigenvalue weighted by atomic mass is 10.1. The van der Waals surface area contributed by atoms with Crippen LogP contribution in [0, 0.1) is 5.82 Å². The van der Waals surface area contributed by atoms with E-state index in [4.69, 9.17) is 9.47 Å². The number of carbonyl (C=O) groups is 1. The number of aliphatic hydroxyl groups excluding tert-OH is 1. The van der Waals surface area contributed by atoms with Crippen LogP contribution in [0.2, 0.25) is 0 Å². The second kappa shape index (κ2) is 9.40. The first kappa shape index (κ1) is 21.8. The SMILES string of the molecule is COc1ccc(-c2cc(C(=O)N3CC[C@H](Oc4ccc(F)cc4)[C@@H](O)CC3)nn2C)cc1. The van der Waals surface area contributed by atoms with Crippen LogP contribution in [-0.2, 0) is 7.05 Å². The number of aromatic nitrogens is 2. The summed E-state index contributed by atoms with van der Waals surface area (Å²) in [6.45, 7) is 0.827. The summed E-state index contributed by atoms with van der Waals surface area (Å²) in [7, 11) is 3.42. The van der Waals surface area contributed by atoms with Crippen molar-refractivity contribution >= 4 is 5.91 Å². The molecule has 2 aromatic carbocycles. The molecule has 1 aromatic heterocycles. The molecule has 7 nitrogen and oxygen atoms in total. The summed E-state index contributed by atoms with van der Waals surface area (Å²) in [4.78, 5) is 14.8. The van der Waals surface area contributed by atoms with Crippen molar-refractivity contribution < 1.29 is 23.8 Å². The average Bonchev–Trinajstić information content (AvgIpc) is 3.10. The van der Waals surface area contributed by atoms with Crippen LogP contribution >= 0.6 is 0 Å². The number of halogens is 1. The quantitative estimate of drug-likeness (QED) is 0.660. The lowest BCUT2D eigenvalue weighted by molar-refractivity contribution is 0.0349. The van der Waals surface area contributed by atoms with Crippen LogP contribution < -0.4 is 9.47 Å². The minimum absolute atomic E-state index is 0.185. The van der Waals surface area contributed by atoms with Crippen LogP contribution in [-0.4, -0.2) is 58.1 Å². The standard InChI is InChI=1S/C24H26FN3O4/c1-27-21(16-3-7-18(31-2)8-4-16)15-20(26-27)24(30)28-13-11-22(29)23(12-14-28)32-19-9-5-17(25)6-10-19/h3-10,15,22-23,29H,11-14H2,1-2H3/t22-,23-/m0/s1. The van der Waals surface area contributed by atoms with E-state index in [2.05, 4.69) is 5.10 Å². The van der Waals surface area contributed by atoms with Gasteiger partial charge in [-0.15, -0.1) is 0 Å². The fourth-order valence-electron chi connectivity index (χ4n) is 3.86. The lowest BCUT2D eigenvalue weighted by Gasteiger charge is -2.21. The molecular weight excluding hydrogens is 413 g/mol. The molecule has 2 heterocycles. The molecule has 1 saturated heterocycles. The number of aliphatic hydroxyl groups is 1. The van der Waals surface area contributed by atoms with Gasteiger partial charge in [0.15, 0.2) is 5.69 Å². The van der Waals surface area contributed by atoms with Gasteiger partial charge in [0.2, 0.25) is 0 Å². The molecule has 2 atom stereocenters. The second-order valence-electron chi connectivity index (χ2n) is 7.81. The van der Waals surface area contributed by atoms with E-state index in [9.17, 15) is 14.3 Å². The summed E-state index contributed by atoms with van der Waals surface area (Å²) < 4.78 is 25.9. The summed E-state index contributed by atoms with van der Waals surface area (Å²) in [6, 6.07) is 15.0. The highest BCUT2D eigenvalue weighted by atomic mass is 19.1. The number of hydrogen-bond donors (Lipinski definition) is 1. The Morgan fingerprint density at radius 2 is 1.72 bits per heavy atom. The summed E-state index contributed by atoms with van der Waals surface area (Å²) >= 11 is 0. The maximum atomic E-state index is 13.1. The van der Waals surface area contributed by atoms with Crippen LogP contribution in [0.3, 0.4) is 0 Å². The second-order valence-corrected chi connectivity index (χ2v) is 7.81. The van der Waals surface area contributed by atoms with E-state index in [0.29, 0.717) is 37.4 Å². The van der Waals surface area contributed by atoms with Crippen LogP contribution in [0.25, 0.3) is 11.3 Å². The zero-order valence-electron chi connectivity index (χ0n) is 18.1. The highest BCUT2D eigenvalue weighted by Gasteiger charge is 2.30. The van der Waals surface area contributed by atoms with Crippen molar-refractivity contribution in [3.05, 3.63) is 66.1 Å². The minimum atomic E-state index is -0.726. The highest BCUT2D eigenvalue weighted by molar-refractivity contribution is 5.93. The molecule has 3 aromatic rings. The van der Waals surface area contributed by atoms with Gasteiger partial charge in [0.25, 0.3) is 5.91 Å². The normalized spacial score (nSPS) is 18.8. The van der Waals surface area contributed by atoms with Crippen LogP contribution in [0.5, 0.6) is 11.5 Å². The van der Waals surface area contributed by atoms with Gasteiger partial charge in [0.1, 0.15) is 23.4 Å². The molecule has 1 amide bonds. The van der Waals surface area contributed by atoms with Crippen LogP contribution in [0.4, 0.5) is 4.39 Å². The molecule has 0 spiro atoms. The van der Waals surface area contributed by atoms with Gasteiger partial charge in [-0.25, -0.2) is 4.39 Å². The van der Waals surface area contributed by atoms with Crippen molar-refractivity contribution in [1.29, 1.82) is 0 Å². The molecule has 0 bridgehead atoms. The Morgan fingerprint density at radius 3 is 2.41 bits per heavy atom. The maximum Gasteiger partial charge on any atom is 0.274 e. The Bertz CT molecular complexity index is 1070. The fraction of sp³-hybridized carbons (Fsp3) is 0.333. The van der Waals surface area contributed by atoms with Gasteiger partial charge in [-0.3, -0.25) is 9.48 Å². The number of aryl methyl sites for hydroxylation is 1. The van der Waals surface area contributed by atoms with E-state index in [1.807, 2.05) is 24.3 Å². The molecule has 1 aliphatic heterocycles. The number of ether oxygens (including phenoxy) is 2. The molecule has 0 unspecified atom stereocenters. The zero-order valence-corrected chi connectivity index (χ0v) is 18.1. The third-order valence-corrected chi connectivity index (χ3v) is 5.68. The summed E-state index contributed by atoms with van der Waals surface area (Å²) in [5, 5.41) is 14.9. The number of carbonyl (C=O) groups excluding carboxylic acids is 1. The Labute approximate surface area is 186 Å². The van der Waals surface area contributed by atoms with E-state index in [0.717, 1.165) is 17.0 Å². The summed E-state index contributed by atoms with van der Waals surface area (Å²) in [5.74, 6) is 0.715. The average molecular weight is 439 g/mol. The molecule has 0 saturated carbocycles. The Kier molecular flexibility index (Phi) is 6.41. The van der Waals surface area contributed by atoms with E-state index in [1.165, 1.54) is 24.3 Å². The fourth-order valence-corrected chi connectivity index (χ4v) is 3.86. The van der Waals surface area contributed by atoms with Crippen molar-refractivity contribution in [2.45, 2.75) is 25.0 Å². The lowest BCUT2D eigenvalue weighted by Crippen LogP contribution is -2.33. The van der Waals surface area contributed by atoms with Gasteiger partial charge >= 0.3 is 0 Å². The van der Waals surface area contributed by atoms with Crippen molar-refractivity contribution in [2.24, 2.45) is 7.05 Å². The van der Waals surface area contributed by atoms with Crippen molar-refractivity contribution in [1.82, 2.24) is 14.7 Å². The number of nitrogens with zero attached hydrogens (tertiary/aromatic N) is 3. The number of amides is 1. The number of hydrogen-bond acceptors (Lipinski definition) is 5. The first-order chi connectivity index (χ1) is 15.4. The molecule has 8 heteroatoms. The topological polar surface area (TPSA) is 76.8 Å². The van der Waals surface area contributed by atoms with Gasteiger partial charge < -0.3 is 19.5 Å². The maximum absolute atomic E-state index is 13.1. The highest BCUT2D eigenvalue weighted by Crippen LogP contribution is 2.25. The third-order valence-electron chi connectivity index (χ3n) is 5.68. The summed E-state index contributed by atoms with van der Waals surface area (Å²) in [6.07, 6.45) is -0.355. The van der Waals surface area contributed by atoms with E-state index in [-0.39, 0.29) is 11.7 Å². The van der Waals surface area contributed by atoms with Crippen LogP contribution in [0.1, 0.15) is 23.3 Å². The van der Waals surface area contributed by atoms with Crippen molar-refractivity contribution in [3.63, 3.8) is 0 Å². The Morgan fingerprint density at radius 1 is 1.06 bits per heavy atom. The molecule has 0 aliphatic carbocycles. The number of methoxy groups -OCH3 is 1. The number of rotatable bonds is 5. The van der Waals surface area contributed by atoms with Gasteiger partial charge in [-0.05, 0) is 61.0 Å². The molecule has 1 N–H and O–H groups in total. The molecule has 0 radical (unpaired) electrons. The van der Waals surface area contributed by atoms with Crippen LogP contribution in [0.15, 0.2) is 54.6 Å². The third kappa shape index (κ3) is 4.75.